The number of hydrogen-bond acceptors (Lipinski definition) is 4. The first kappa shape index (κ1) is 18.1. The summed E-state index contributed by atoms with van der Waals surface area (Å²) < 4.78 is 26.3. The fourth-order valence-corrected chi connectivity index (χ4v) is 3.42. The van der Waals surface area contributed by atoms with Crippen LogP contribution in [-0.2, 0) is 0 Å². The lowest BCUT2D eigenvalue weighted by atomic mass is 10.2. The Morgan fingerprint density at radius 1 is 1.11 bits per heavy atom. The number of hydrogen-bond donors (Lipinski definition) is 0. The Labute approximate surface area is 161 Å². The summed E-state index contributed by atoms with van der Waals surface area (Å²) in [6.45, 7) is 2.29. The van der Waals surface area contributed by atoms with Gasteiger partial charge < -0.3 is 9.80 Å². The van der Waals surface area contributed by atoms with Gasteiger partial charge in [-0.3, -0.25) is 4.79 Å². The Bertz CT molecular complexity index is 831. The third kappa shape index (κ3) is 4.03. The quantitative estimate of drug-likeness (QED) is 0.791. The van der Waals surface area contributed by atoms with E-state index in [1.165, 1.54) is 0 Å². The second-order valence-corrected chi connectivity index (χ2v) is 7.31. The molecule has 0 bridgehead atoms. The summed E-state index contributed by atoms with van der Waals surface area (Å²) in [7, 11) is 0. The monoisotopic (exact) mass is 392 g/mol. The highest BCUT2D eigenvalue weighted by atomic mass is 35.5. The maximum atomic E-state index is 13.2. The van der Waals surface area contributed by atoms with E-state index in [9.17, 15) is 13.6 Å². The molecule has 1 amide bonds. The van der Waals surface area contributed by atoms with Gasteiger partial charge in [-0.05, 0) is 37.1 Å². The predicted octanol–water partition coefficient (Wildman–Crippen LogP) is 3.91. The molecule has 27 heavy (non-hydrogen) atoms. The van der Waals surface area contributed by atoms with Gasteiger partial charge in [0.15, 0.2) is 0 Å². The van der Waals surface area contributed by atoms with Crippen LogP contribution in [0.25, 0.3) is 0 Å². The van der Waals surface area contributed by atoms with Crippen LogP contribution in [0.2, 0.25) is 5.02 Å². The van der Waals surface area contributed by atoms with Crippen molar-refractivity contribution < 1.29 is 13.6 Å². The Morgan fingerprint density at radius 3 is 2.48 bits per heavy atom. The Morgan fingerprint density at radius 2 is 1.85 bits per heavy atom. The topological polar surface area (TPSA) is 49.3 Å². The number of carbonyl (C=O) groups is 1. The smallest absolute Gasteiger partial charge is 0.280 e. The van der Waals surface area contributed by atoms with Gasteiger partial charge in [0.25, 0.3) is 12.3 Å². The molecule has 1 saturated carbocycles. The largest absolute Gasteiger partial charge is 0.368 e. The SMILES string of the molecule is O=C(c1cc(C(F)F)nc(C2CC2)n1)N1CCN(c2cccc(Cl)c2)CC1. The zero-order valence-corrected chi connectivity index (χ0v) is 15.4. The summed E-state index contributed by atoms with van der Waals surface area (Å²) in [5, 5.41) is 0.666. The van der Waals surface area contributed by atoms with Gasteiger partial charge in [0.05, 0.1) is 0 Å². The van der Waals surface area contributed by atoms with Gasteiger partial charge >= 0.3 is 0 Å². The second kappa shape index (κ2) is 7.38. The molecular weight excluding hydrogens is 374 g/mol. The van der Waals surface area contributed by atoms with Crippen molar-refractivity contribution in [2.45, 2.75) is 25.2 Å². The lowest BCUT2D eigenvalue weighted by Crippen LogP contribution is -2.49. The second-order valence-electron chi connectivity index (χ2n) is 6.87. The van der Waals surface area contributed by atoms with Crippen LogP contribution in [0.1, 0.15) is 47.2 Å². The van der Waals surface area contributed by atoms with Gasteiger partial charge in [0.1, 0.15) is 17.2 Å². The molecule has 142 valence electrons. The van der Waals surface area contributed by atoms with E-state index in [0.717, 1.165) is 24.6 Å². The van der Waals surface area contributed by atoms with Gasteiger partial charge in [-0.1, -0.05) is 17.7 Å². The Kier molecular flexibility index (Phi) is 4.95. The van der Waals surface area contributed by atoms with Crippen molar-refractivity contribution in [1.29, 1.82) is 0 Å². The number of alkyl halides is 2. The van der Waals surface area contributed by atoms with Gasteiger partial charge in [-0.25, -0.2) is 18.7 Å². The van der Waals surface area contributed by atoms with Crippen LogP contribution in [0.4, 0.5) is 14.5 Å². The minimum absolute atomic E-state index is 0.0680. The third-order valence-electron chi connectivity index (χ3n) is 4.89. The number of halogens is 3. The molecule has 8 heteroatoms. The fourth-order valence-electron chi connectivity index (χ4n) is 3.23. The van der Waals surface area contributed by atoms with E-state index in [4.69, 9.17) is 11.6 Å². The molecule has 0 spiro atoms. The number of anilines is 1. The molecule has 1 saturated heterocycles. The average molecular weight is 393 g/mol. The molecule has 2 aliphatic rings. The highest BCUT2D eigenvalue weighted by Gasteiger charge is 2.31. The van der Waals surface area contributed by atoms with Gasteiger partial charge in [0.2, 0.25) is 0 Å². The molecule has 2 fully saturated rings. The van der Waals surface area contributed by atoms with Crippen molar-refractivity contribution in [3.63, 3.8) is 0 Å². The summed E-state index contributed by atoms with van der Waals surface area (Å²) in [6, 6.07) is 8.70. The van der Waals surface area contributed by atoms with Crippen LogP contribution in [0.3, 0.4) is 0 Å². The standard InChI is InChI=1S/C19H19ClF2N4O/c20-13-2-1-3-14(10-13)25-6-8-26(9-7-25)19(27)16-11-15(17(21)22)23-18(24-16)12-4-5-12/h1-3,10-12,17H,4-9H2. The highest BCUT2D eigenvalue weighted by molar-refractivity contribution is 6.30. The van der Waals surface area contributed by atoms with Crippen molar-refractivity contribution >= 4 is 23.2 Å². The van der Waals surface area contributed by atoms with E-state index < -0.39 is 6.43 Å². The lowest BCUT2D eigenvalue weighted by molar-refractivity contribution is 0.0739. The molecule has 1 aromatic heterocycles. The van der Waals surface area contributed by atoms with Crippen molar-refractivity contribution in [1.82, 2.24) is 14.9 Å². The van der Waals surface area contributed by atoms with E-state index in [0.29, 0.717) is 37.0 Å². The van der Waals surface area contributed by atoms with Crippen molar-refractivity contribution in [2.24, 2.45) is 0 Å². The first-order chi connectivity index (χ1) is 13.0. The van der Waals surface area contributed by atoms with E-state index in [-0.39, 0.29) is 23.2 Å². The number of piperazine rings is 1. The maximum absolute atomic E-state index is 13.2. The van der Waals surface area contributed by atoms with Crippen LogP contribution >= 0.6 is 11.6 Å². The van der Waals surface area contributed by atoms with Crippen LogP contribution in [0.5, 0.6) is 0 Å². The normalized spacial score (nSPS) is 17.5. The summed E-state index contributed by atoms with van der Waals surface area (Å²) in [4.78, 5) is 24.8. The van der Waals surface area contributed by atoms with Crippen LogP contribution < -0.4 is 4.90 Å². The minimum atomic E-state index is -2.71. The highest BCUT2D eigenvalue weighted by Crippen LogP contribution is 2.38. The van der Waals surface area contributed by atoms with E-state index >= 15 is 0 Å². The number of aromatic nitrogens is 2. The zero-order valence-electron chi connectivity index (χ0n) is 14.6. The molecule has 0 radical (unpaired) electrons. The van der Waals surface area contributed by atoms with E-state index in [2.05, 4.69) is 14.9 Å². The zero-order chi connectivity index (χ0) is 19.0. The molecule has 0 N–H and O–H groups in total. The molecule has 0 atom stereocenters. The third-order valence-corrected chi connectivity index (χ3v) is 5.12. The fraction of sp³-hybridized carbons (Fsp3) is 0.421. The molecule has 2 heterocycles. The molecule has 2 aromatic rings. The first-order valence-corrected chi connectivity index (χ1v) is 9.36. The number of carbonyl (C=O) groups excluding carboxylic acids is 1. The lowest BCUT2D eigenvalue weighted by Gasteiger charge is -2.36. The molecule has 0 unspecified atom stereocenters. The van der Waals surface area contributed by atoms with Crippen molar-refractivity contribution in [3.8, 4) is 0 Å². The molecule has 1 aliphatic heterocycles. The van der Waals surface area contributed by atoms with Gasteiger partial charge in [0, 0.05) is 42.8 Å². The molecule has 1 aromatic carbocycles. The first-order valence-electron chi connectivity index (χ1n) is 8.98. The Hall–Kier alpha value is -2.28. The van der Waals surface area contributed by atoms with Crippen LogP contribution in [0, 0.1) is 0 Å². The number of nitrogens with zero attached hydrogens (tertiary/aromatic N) is 4. The predicted molar refractivity (Wildman–Crippen MR) is 98.5 cm³/mol. The molecular formula is C19H19ClF2N4O. The average Bonchev–Trinajstić information content (AvgIpc) is 3.52. The maximum Gasteiger partial charge on any atom is 0.280 e. The van der Waals surface area contributed by atoms with Crippen molar-refractivity contribution in [2.75, 3.05) is 31.1 Å². The van der Waals surface area contributed by atoms with Crippen LogP contribution in [-0.4, -0.2) is 47.0 Å². The summed E-state index contributed by atoms with van der Waals surface area (Å²) >= 11 is 6.04. The van der Waals surface area contributed by atoms with Gasteiger partial charge in [-0.2, -0.15) is 0 Å². The summed E-state index contributed by atoms with van der Waals surface area (Å²) in [5.41, 5.74) is 0.707. The molecule has 5 nitrogen and oxygen atoms in total. The number of rotatable bonds is 4. The van der Waals surface area contributed by atoms with E-state index in [1.807, 2.05) is 24.3 Å². The summed E-state index contributed by atoms with van der Waals surface area (Å²) in [6.07, 6.45) is -0.936. The van der Waals surface area contributed by atoms with E-state index in [1.54, 1.807) is 4.90 Å². The summed E-state index contributed by atoms with van der Waals surface area (Å²) in [5.74, 6) is 0.163. The van der Waals surface area contributed by atoms with Crippen LogP contribution in [0.15, 0.2) is 30.3 Å². The molecule has 1 aliphatic carbocycles. The van der Waals surface area contributed by atoms with Gasteiger partial charge in [-0.15, -0.1) is 0 Å². The molecule has 4 rings (SSSR count). The Balaban J connectivity index is 1.48. The number of benzene rings is 1. The minimum Gasteiger partial charge on any atom is -0.368 e. The van der Waals surface area contributed by atoms with Crippen molar-refractivity contribution in [3.05, 3.63) is 52.6 Å². The number of amides is 1.